The van der Waals surface area contributed by atoms with Crippen LogP contribution in [0.3, 0.4) is 0 Å². The van der Waals surface area contributed by atoms with Gasteiger partial charge in [-0.15, -0.1) is 0 Å². The molecule has 3 saturated carbocycles. The molecule has 0 amide bonds. The van der Waals surface area contributed by atoms with Gasteiger partial charge in [0.2, 0.25) is 0 Å². The number of cyclic esters (lactones) is 1. The molecule has 0 radical (unpaired) electrons. The molecule has 2 bridgehead atoms. The second-order valence-electron chi connectivity index (χ2n) is 12.0. The summed E-state index contributed by atoms with van der Waals surface area (Å²) in [5.41, 5.74) is -3.84. The van der Waals surface area contributed by atoms with Crippen LogP contribution in [0, 0.1) is 44.1 Å². The Hall–Kier alpha value is -3.89. The Labute approximate surface area is 230 Å². The Bertz CT molecular complexity index is 1330. The Kier molecular flexibility index (Phi) is 6.47. The molecule has 212 valence electrons. The molecule has 2 spiro atoms. The van der Waals surface area contributed by atoms with E-state index in [0.717, 1.165) is 18.4 Å². The summed E-state index contributed by atoms with van der Waals surface area (Å²) in [6.07, 6.45) is 0.359. The number of aldehydes is 1. The Morgan fingerprint density at radius 3 is 2.40 bits per heavy atom. The summed E-state index contributed by atoms with van der Waals surface area (Å²) in [5, 5.41) is 11.0. The summed E-state index contributed by atoms with van der Waals surface area (Å²) >= 11 is 0. The summed E-state index contributed by atoms with van der Waals surface area (Å²) in [6, 6.07) is 4.79. The van der Waals surface area contributed by atoms with Crippen LogP contribution in [0.15, 0.2) is 36.4 Å². The van der Waals surface area contributed by atoms with Crippen molar-refractivity contribution < 1.29 is 43.1 Å². The molecule has 11 heteroatoms. The Balaban J connectivity index is 1.63. The van der Waals surface area contributed by atoms with Crippen LogP contribution in [-0.2, 0) is 33.4 Å². The minimum Gasteiger partial charge on any atom is -0.464 e. The summed E-state index contributed by atoms with van der Waals surface area (Å²) in [7, 11) is 0. The van der Waals surface area contributed by atoms with Crippen LogP contribution in [0.2, 0.25) is 0 Å². The van der Waals surface area contributed by atoms with E-state index in [0.29, 0.717) is 25.7 Å². The molecule has 1 aromatic rings. The van der Waals surface area contributed by atoms with E-state index < -0.39 is 74.8 Å². The van der Waals surface area contributed by atoms with Crippen molar-refractivity contribution in [1.29, 1.82) is 0 Å². The van der Waals surface area contributed by atoms with Crippen molar-refractivity contribution >= 4 is 35.7 Å². The second-order valence-corrected chi connectivity index (χ2v) is 12.0. The van der Waals surface area contributed by atoms with Gasteiger partial charge in [-0.05, 0) is 54.7 Å². The lowest BCUT2D eigenvalue weighted by Crippen LogP contribution is -2.71. The van der Waals surface area contributed by atoms with Crippen molar-refractivity contribution in [3.63, 3.8) is 0 Å². The molecule has 1 saturated heterocycles. The number of carbonyl (C=O) groups is 5. The van der Waals surface area contributed by atoms with Crippen molar-refractivity contribution in [2.24, 2.45) is 34.0 Å². The maximum Gasteiger partial charge on any atom is 0.338 e. The van der Waals surface area contributed by atoms with Gasteiger partial charge in [-0.3, -0.25) is 24.5 Å². The van der Waals surface area contributed by atoms with Gasteiger partial charge in [0, 0.05) is 30.9 Å². The highest BCUT2D eigenvalue weighted by molar-refractivity contribution is 6.16. The van der Waals surface area contributed by atoms with Gasteiger partial charge in [0.25, 0.3) is 5.69 Å². The summed E-state index contributed by atoms with van der Waals surface area (Å²) in [6.45, 7) is 8.84. The number of ether oxygens (including phenoxy) is 3. The largest absolute Gasteiger partial charge is 0.464 e. The first-order valence-electron chi connectivity index (χ1n) is 13.3. The first-order chi connectivity index (χ1) is 18.8. The minimum atomic E-state index is -1.97. The van der Waals surface area contributed by atoms with Crippen LogP contribution in [-0.4, -0.2) is 53.7 Å². The van der Waals surface area contributed by atoms with E-state index in [1.54, 1.807) is 0 Å². The predicted octanol–water partition coefficient (Wildman–Crippen LogP) is 3.38. The number of hydrogen-bond donors (Lipinski definition) is 0. The number of carbonyl (C=O) groups excluding carboxylic acids is 5. The number of benzene rings is 1. The molecule has 1 aromatic carbocycles. The first-order valence-corrected chi connectivity index (χ1v) is 13.3. The SMILES string of the molecule is C=C1C(=O)[C@@]23C(=O)OC[C@]4([C@@H](OC(C)=O)CCC(C)(C)[C@H]4C=O)[C@@H]2CC[C@@H]1[C@H]3OC(=O)c1ccc([N+](=O)[O-])cc1. The number of fused-ring (bicyclic) bond motifs is 2. The van der Waals surface area contributed by atoms with Gasteiger partial charge in [0.1, 0.15) is 25.1 Å². The van der Waals surface area contributed by atoms with Crippen molar-refractivity contribution in [2.75, 3.05) is 6.61 Å². The molecule has 4 aliphatic rings. The zero-order valence-electron chi connectivity index (χ0n) is 22.5. The van der Waals surface area contributed by atoms with Crippen LogP contribution >= 0.6 is 0 Å². The van der Waals surface area contributed by atoms with Crippen molar-refractivity contribution in [1.82, 2.24) is 0 Å². The van der Waals surface area contributed by atoms with E-state index in [1.807, 2.05) is 13.8 Å². The van der Waals surface area contributed by atoms with Crippen LogP contribution in [0.5, 0.6) is 0 Å². The molecular weight excluding hydrogens is 522 g/mol. The van der Waals surface area contributed by atoms with Crippen LogP contribution in [0.25, 0.3) is 0 Å². The zero-order chi connectivity index (χ0) is 29.2. The van der Waals surface area contributed by atoms with Crippen molar-refractivity contribution in [3.8, 4) is 0 Å². The van der Waals surface area contributed by atoms with Gasteiger partial charge in [-0.25, -0.2) is 4.79 Å². The van der Waals surface area contributed by atoms with Gasteiger partial charge in [0.15, 0.2) is 11.2 Å². The van der Waals surface area contributed by atoms with Crippen LogP contribution < -0.4 is 0 Å². The number of ketones is 1. The fraction of sp³-hybridized carbons (Fsp3) is 0.552. The molecule has 1 aliphatic heterocycles. The predicted molar refractivity (Wildman–Crippen MR) is 137 cm³/mol. The van der Waals surface area contributed by atoms with E-state index in [1.165, 1.54) is 19.1 Å². The highest BCUT2D eigenvalue weighted by Gasteiger charge is 2.79. The molecule has 40 heavy (non-hydrogen) atoms. The van der Waals surface area contributed by atoms with E-state index in [-0.39, 0.29) is 23.4 Å². The van der Waals surface area contributed by atoms with Crippen LogP contribution in [0.4, 0.5) is 5.69 Å². The van der Waals surface area contributed by atoms with E-state index in [2.05, 4.69) is 6.58 Å². The van der Waals surface area contributed by atoms with E-state index >= 15 is 0 Å². The van der Waals surface area contributed by atoms with Crippen molar-refractivity contribution in [3.05, 3.63) is 52.1 Å². The van der Waals surface area contributed by atoms with Gasteiger partial charge < -0.3 is 19.0 Å². The Morgan fingerprint density at radius 1 is 1.12 bits per heavy atom. The molecule has 3 aliphatic carbocycles. The number of nitro groups is 1. The molecule has 0 unspecified atom stereocenters. The minimum absolute atomic E-state index is 0.00262. The molecule has 0 N–H and O–H groups in total. The summed E-state index contributed by atoms with van der Waals surface area (Å²) in [5.74, 6) is -5.11. The molecule has 5 rings (SSSR count). The maximum atomic E-state index is 14.0. The molecular formula is C29H31NO10. The second kappa shape index (κ2) is 9.35. The first kappa shape index (κ1) is 27.7. The topological polar surface area (TPSA) is 156 Å². The number of hydrogen-bond acceptors (Lipinski definition) is 10. The normalized spacial score (nSPS) is 35.9. The number of nitrogens with zero attached hydrogens (tertiary/aromatic N) is 1. The number of esters is 3. The van der Waals surface area contributed by atoms with Gasteiger partial charge in [-0.1, -0.05) is 20.4 Å². The third kappa shape index (κ3) is 3.66. The van der Waals surface area contributed by atoms with Crippen LogP contribution in [0.1, 0.15) is 56.8 Å². The zero-order valence-corrected chi connectivity index (χ0v) is 22.5. The lowest BCUT2D eigenvalue weighted by atomic mass is 9.43. The number of Topliss-reactive ketones (excluding diaryl/α,β-unsaturated/α-hetero) is 1. The molecule has 11 nitrogen and oxygen atoms in total. The highest BCUT2D eigenvalue weighted by Crippen LogP contribution is 2.68. The van der Waals surface area contributed by atoms with Gasteiger partial charge >= 0.3 is 17.9 Å². The maximum absolute atomic E-state index is 14.0. The van der Waals surface area contributed by atoms with Gasteiger partial charge in [-0.2, -0.15) is 0 Å². The van der Waals surface area contributed by atoms with Gasteiger partial charge in [0.05, 0.1) is 15.9 Å². The summed E-state index contributed by atoms with van der Waals surface area (Å²) in [4.78, 5) is 76.6. The van der Waals surface area contributed by atoms with E-state index in [4.69, 9.17) is 14.2 Å². The van der Waals surface area contributed by atoms with Crippen molar-refractivity contribution in [2.45, 2.75) is 58.7 Å². The lowest BCUT2D eigenvalue weighted by Gasteiger charge is -2.62. The smallest absolute Gasteiger partial charge is 0.338 e. The third-order valence-corrected chi connectivity index (χ3v) is 9.75. The molecule has 7 atom stereocenters. The monoisotopic (exact) mass is 553 g/mol. The third-order valence-electron chi connectivity index (χ3n) is 9.75. The molecule has 4 fully saturated rings. The Morgan fingerprint density at radius 2 is 1.80 bits per heavy atom. The average molecular weight is 554 g/mol. The number of rotatable bonds is 5. The number of non-ortho nitro benzene ring substituents is 1. The number of nitro benzene ring substituents is 1. The standard InChI is InChI=1S/C29H31NO10/c1-15-19-9-10-20-28(21(13-31)27(3,4)12-11-22(28)39-16(2)32)14-38-26(35)29(20,23(15)33)24(19)40-25(34)17-5-7-18(8-6-17)30(36)37/h5-8,13,19-22,24H,1,9-12,14H2,2-4H3/t19-,20-,21+,22-,24+,28-,29-/m0/s1. The average Bonchev–Trinajstić information content (AvgIpc) is 3.02. The quantitative estimate of drug-likeness (QED) is 0.101. The summed E-state index contributed by atoms with van der Waals surface area (Å²) < 4.78 is 17.5. The fourth-order valence-corrected chi connectivity index (χ4v) is 8.01. The van der Waals surface area contributed by atoms with E-state index in [9.17, 15) is 34.1 Å². The fourth-order valence-electron chi connectivity index (χ4n) is 8.01. The highest BCUT2D eigenvalue weighted by atomic mass is 16.6. The lowest BCUT2D eigenvalue weighted by molar-refractivity contribution is -0.384. The molecule has 1 heterocycles. The molecule has 0 aromatic heterocycles.